The van der Waals surface area contributed by atoms with Gasteiger partial charge in [-0.05, 0) is 12.8 Å². The molecule has 0 aromatic rings. The van der Waals surface area contributed by atoms with Crippen molar-refractivity contribution in [1.29, 1.82) is 0 Å². The minimum atomic E-state index is -2.94. The first-order chi connectivity index (χ1) is 10.8. The molecule has 7 nitrogen and oxygen atoms in total. The Labute approximate surface area is 139 Å². The number of carboxylic acids is 1. The third-order valence-electron chi connectivity index (χ3n) is 5.12. The summed E-state index contributed by atoms with van der Waals surface area (Å²) in [4.78, 5) is 25.7. The van der Waals surface area contributed by atoms with Crippen molar-refractivity contribution in [1.82, 2.24) is 4.90 Å². The van der Waals surface area contributed by atoms with E-state index in [0.717, 1.165) is 0 Å². The number of ether oxygens (including phenoxy) is 1. The van der Waals surface area contributed by atoms with Crippen molar-refractivity contribution in [3.63, 3.8) is 0 Å². The number of fused-ring (bicyclic) bond motifs is 1. The van der Waals surface area contributed by atoms with Gasteiger partial charge in [0.1, 0.15) is 0 Å². The van der Waals surface area contributed by atoms with Crippen molar-refractivity contribution < 1.29 is 27.9 Å². The van der Waals surface area contributed by atoms with Gasteiger partial charge < -0.3 is 14.7 Å². The van der Waals surface area contributed by atoms with E-state index in [1.54, 1.807) is 4.90 Å². The lowest BCUT2D eigenvalue weighted by Gasteiger charge is -2.33. The van der Waals surface area contributed by atoms with Gasteiger partial charge in [-0.1, -0.05) is 0 Å². The van der Waals surface area contributed by atoms with E-state index in [-0.39, 0.29) is 40.9 Å². The zero-order chi connectivity index (χ0) is 16.7. The zero-order valence-electron chi connectivity index (χ0n) is 12.8. The first-order valence-corrected chi connectivity index (χ1v) is 10.6. The van der Waals surface area contributed by atoms with Gasteiger partial charge in [0.25, 0.3) is 0 Å². The number of hydrogen-bond donors (Lipinski definition) is 1. The summed E-state index contributed by atoms with van der Waals surface area (Å²) >= 11 is 1.37. The average Bonchev–Trinajstić information content (AvgIpc) is 3.05. The first kappa shape index (κ1) is 17.0. The maximum absolute atomic E-state index is 12.4. The molecule has 1 amide bonds. The van der Waals surface area contributed by atoms with Crippen LogP contribution in [0, 0.1) is 11.3 Å². The second-order valence-electron chi connectivity index (χ2n) is 6.59. The number of likely N-dealkylation sites (tertiary alicyclic amines) is 1. The second kappa shape index (κ2) is 6.25. The van der Waals surface area contributed by atoms with Crippen LogP contribution in [0.4, 0.5) is 0 Å². The van der Waals surface area contributed by atoms with Crippen LogP contribution in [0.2, 0.25) is 0 Å². The van der Waals surface area contributed by atoms with Crippen LogP contribution in [0.5, 0.6) is 0 Å². The molecule has 0 spiro atoms. The van der Waals surface area contributed by atoms with Crippen molar-refractivity contribution in [3.05, 3.63) is 0 Å². The van der Waals surface area contributed by atoms with Crippen LogP contribution in [-0.2, 0) is 24.2 Å². The van der Waals surface area contributed by atoms with Gasteiger partial charge in [0.05, 0.1) is 29.3 Å². The minimum Gasteiger partial charge on any atom is -0.481 e. The van der Waals surface area contributed by atoms with Gasteiger partial charge >= 0.3 is 5.97 Å². The van der Waals surface area contributed by atoms with E-state index in [1.165, 1.54) is 11.8 Å². The molecule has 3 fully saturated rings. The van der Waals surface area contributed by atoms with Crippen LogP contribution in [0.3, 0.4) is 0 Å². The van der Waals surface area contributed by atoms with E-state index in [2.05, 4.69) is 0 Å². The fourth-order valence-corrected chi connectivity index (χ4v) is 7.21. The van der Waals surface area contributed by atoms with E-state index in [0.29, 0.717) is 32.6 Å². The molecule has 0 aromatic heterocycles. The van der Waals surface area contributed by atoms with E-state index < -0.39 is 21.2 Å². The summed E-state index contributed by atoms with van der Waals surface area (Å²) in [7, 11) is -2.94. The quantitative estimate of drug-likeness (QED) is 0.741. The topological polar surface area (TPSA) is 101 Å². The molecule has 0 radical (unpaired) electrons. The number of aliphatic carboxylic acids is 1. The highest BCUT2D eigenvalue weighted by Gasteiger charge is 2.54. The molecule has 3 aliphatic heterocycles. The van der Waals surface area contributed by atoms with Gasteiger partial charge in [0.2, 0.25) is 5.91 Å². The summed E-state index contributed by atoms with van der Waals surface area (Å²) in [6.07, 6.45) is 1.03. The van der Waals surface area contributed by atoms with Crippen LogP contribution in [0.15, 0.2) is 0 Å². The summed E-state index contributed by atoms with van der Waals surface area (Å²) < 4.78 is 28.3. The van der Waals surface area contributed by atoms with Gasteiger partial charge in [-0.3, -0.25) is 9.59 Å². The molecule has 3 heterocycles. The summed E-state index contributed by atoms with van der Waals surface area (Å²) in [6.45, 7) is 1.44. The SMILES string of the molecule is O=C(CSC1CCS(=O)(=O)C1)N1C[C@H]2COCC[C@@]2(C(=O)O)C1. The van der Waals surface area contributed by atoms with Gasteiger partial charge in [0.15, 0.2) is 9.84 Å². The highest BCUT2D eigenvalue weighted by atomic mass is 32.2. The van der Waals surface area contributed by atoms with Crippen LogP contribution in [0.1, 0.15) is 12.8 Å². The first-order valence-electron chi connectivity index (χ1n) is 7.73. The van der Waals surface area contributed by atoms with Crippen molar-refractivity contribution in [2.75, 3.05) is 43.6 Å². The number of thioether (sulfide) groups is 1. The zero-order valence-corrected chi connectivity index (χ0v) is 14.4. The number of amides is 1. The molecule has 3 aliphatic rings. The molecular weight excluding hydrogens is 342 g/mol. The fourth-order valence-electron chi connectivity index (χ4n) is 3.66. The van der Waals surface area contributed by atoms with Gasteiger partial charge in [-0.15, -0.1) is 11.8 Å². The van der Waals surface area contributed by atoms with E-state index in [1.807, 2.05) is 0 Å². The Balaban J connectivity index is 1.58. The maximum Gasteiger partial charge on any atom is 0.311 e. The standard InChI is InChI=1S/C14H21NO6S2/c16-12(7-22-11-1-4-23(19,20)8-11)15-5-10-6-21-3-2-14(10,9-15)13(17)18/h10-11H,1-9H2,(H,17,18)/t10-,11?,14+/m0/s1. The molecule has 130 valence electrons. The Morgan fingerprint density at radius 2 is 2.17 bits per heavy atom. The van der Waals surface area contributed by atoms with Gasteiger partial charge in [0, 0.05) is 30.9 Å². The predicted octanol–water partition coefficient (Wildman–Crippen LogP) is -0.144. The Bertz CT molecular complexity index is 606. The molecule has 0 bridgehead atoms. The molecule has 9 heteroatoms. The van der Waals surface area contributed by atoms with Crippen molar-refractivity contribution in [2.45, 2.75) is 18.1 Å². The number of nitrogens with zero attached hydrogens (tertiary/aromatic N) is 1. The molecule has 0 aliphatic carbocycles. The molecule has 23 heavy (non-hydrogen) atoms. The number of carbonyl (C=O) groups is 2. The van der Waals surface area contributed by atoms with Gasteiger partial charge in [-0.25, -0.2) is 8.42 Å². The number of carboxylic acid groups (broad SMARTS) is 1. The number of hydrogen-bond acceptors (Lipinski definition) is 6. The number of rotatable bonds is 4. The summed E-state index contributed by atoms with van der Waals surface area (Å²) in [5.74, 6) is -0.562. The number of sulfone groups is 1. The highest BCUT2D eigenvalue weighted by molar-refractivity contribution is 8.02. The third kappa shape index (κ3) is 3.36. The lowest BCUT2D eigenvalue weighted by molar-refractivity contribution is -0.157. The van der Waals surface area contributed by atoms with Crippen molar-refractivity contribution in [2.24, 2.45) is 11.3 Å². The molecule has 3 rings (SSSR count). The smallest absolute Gasteiger partial charge is 0.311 e. The molecule has 3 saturated heterocycles. The Morgan fingerprint density at radius 1 is 1.39 bits per heavy atom. The highest BCUT2D eigenvalue weighted by Crippen LogP contribution is 2.42. The normalized spacial score (nSPS) is 35.9. The minimum absolute atomic E-state index is 0.0226. The molecule has 0 saturated carbocycles. The largest absolute Gasteiger partial charge is 0.481 e. The van der Waals surface area contributed by atoms with Crippen LogP contribution in [0.25, 0.3) is 0 Å². The summed E-state index contributed by atoms with van der Waals surface area (Å²) in [5, 5.41) is 9.57. The number of carbonyl (C=O) groups excluding carboxylic acids is 1. The summed E-state index contributed by atoms with van der Waals surface area (Å²) in [6, 6.07) is 0. The summed E-state index contributed by atoms with van der Waals surface area (Å²) in [5.41, 5.74) is -0.880. The lowest BCUT2D eigenvalue weighted by atomic mass is 9.74. The molecule has 0 aromatic carbocycles. The Morgan fingerprint density at radius 3 is 2.78 bits per heavy atom. The van der Waals surface area contributed by atoms with Crippen molar-refractivity contribution in [3.8, 4) is 0 Å². The molecule has 1 unspecified atom stereocenters. The molecule has 1 N–H and O–H groups in total. The second-order valence-corrected chi connectivity index (χ2v) is 10.1. The molecule has 3 atom stereocenters. The lowest BCUT2D eigenvalue weighted by Crippen LogP contribution is -2.45. The van der Waals surface area contributed by atoms with E-state index in [4.69, 9.17) is 4.74 Å². The van der Waals surface area contributed by atoms with Gasteiger partial charge in [-0.2, -0.15) is 0 Å². The van der Waals surface area contributed by atoms with Crippen LogP contribution in [-0.4, -0.2) is 79.1 Å². The monoisotopic (exact) mass is 363 g/mol. The maximum atomic E-state index is 12.4. The Kier molecular flexibility index (Phi) is 4.63. The van der Waals surface area contributed by atoms with Crippen molar-refractivity contribution >= 4 is 33.5 Å². The predicted molar refractivity (Wildman–Crippen MR) is 85.1 cm³/mol. The van der Waals surface area contributed by atoms with Crippen LogP contribution >= 0.6 is 11.8 Å². The fraction of sp³-hybridized carbons (Fsp3) is 0.857. The Hall–Kier alpha value is -0.800. The average molecular weight is 363 g/mol. The van der Waals surface area contributed by atoms with Crippen LogP contribution < -0.4 is 0 Å². The van der Waals surface area contributed by atoms with E-state index in [9.17, 15) is 23.1 Å². The third-order valence-corrected chi connectivity index (χ3v) is 8.38. The molecular formula is C14H21NO6S2. The van der Waals surface area contributed by atoms with E-state index >= 15 is 0 Å².